The first kappa shape index (κ1) is 15.4. The van der Waals surface area contributed by atoms with Crippen LogP contribution >= 0.6 is 0 Å². The molecule has 0 unspecified atom stereocenters. The normalized spacial score (nSPS) is 21.4. The van der Waals surface area contributed by atoms with Gasteiger partial charge in [-0.2, -0.15) is 0 Å². The van der Waals surface area contributed by atoms with Gasteiger partial charge in [0.15, 0.2) is 0 Å². The average molecular weight is 277 g/mol. The molecule has 18 heavy (non-hydrogen) atoms. The predicted molar refractivity (Wildman–Crippen MR) is 69.5 cm³/mol. The minimum Gasteiger partial charge on any atom is -0.469 e. The third-order valence-corrected chi connectivity index (χ3v) is 6.21. The molecule has 1 rings (SSSR count). The fourth-order valence-corrected chi connectivity index (χ4v) is 3.74. The Morgan fingerprint density at radius 3 is 2.28 bits per heavy atom. The fourth-order valence-electron chi connectivity index (χ4n) is 2.00. The molecule has 1 saturated carbocycles. The molecule has 5 nitrogen and oxygen atoms in total. The van der Waals surface area contributed by atoms with Gasteiger partial charge in [0.25, 0.3) is 0 Å². The van der Waals surface area contributed by atoms with Crippen molar-refractivity contribution in [3.8, 4) is 0 Å². The van der Waals surface area contributed by atoms with E-state index in [-0.39, 0.29) is 17.2 Å². The van der Waals surface area contributed by atoms with Crippen molar-refractivity contribution in [2.45, 2.75) is 39.7 Å². The first-order chi connectivity index (χ1) is 8.14. The molecule has 1 aliphatic carbocycles. The molecule has 2 atom stereocenters. The summed E-state index contributed by atoms with van der Waals surface area (Å²) in [6, 6.07) is -0.0349. The Labute approximate surface area is 110 Å². The summed E-state index contributed by atoms with van der Waals surface area (Å²) in [5.41, 5.74) is 0.0936. The molecular formula is C12H23NO4S. The Morgan fingerprint density at radius 1 is 1.39 bits per heavy atom. The maximum atomic E-state index is 12.2. The molecule has 0 aromatic carbocycles. The smallest absolute Gasteiger partial charge is 0.309 e. The second-order valence-electron chi connectivity index (χ2n) is 5.55. The first-order valence-electron chi connectivity index (χ1n) is 6.17. The number of ether oxygens (including phenoxy) is 1. The summed E-state index contributed by atoms with van der Waals surface area (Å²) in [7, 11) is -0.567. The summed E-state index contributed by atoms with van der Waals surface area (Å²) in [6.45, 7) is 5.58. The number of hydrogen-bond donors (Lipinski definition) is 0. The maximum Gasteiger partial charge on any atom is 0.309 e. The van der Waals surface area contributed by atoms with Gasteiger partial charge >= 0.3 is 5.97 Å². The van der Waals surface area contributed by atoms with Gasteiger partial charge < -0.3 is 4.74 Å². The zero-order valence-electron chi connectivity index (χ0n) is 11.8. The molecule has 0 bridgehead atoms. The number of sulfonamides is 1. The lowest BCUT2D eigenvalue weighted by atomic mass is 10.0. The van der Waals surface area contributed by atoms with Crippen molar-refractivity contribution >= 4 is 16.0 Å². The summed E-state index contributed by atoms with van der Waals surface area (Å²) in [6.07, 6.45) is 2.11. The van der Waals surface area contributed by atoms with Gasteiger partial charge in [0.2, 0.25) is 10.0 Å². The van der Waals surface area contributed by atoms with Gasteiger partial charge in [0, 0.05) is 13.1 Å². The molecule has 0 saturated heterocycles. The highest BCUT2D eigenvalue weighted by Gasteiger charge is 2.46. The van der Waals surface area contributed by atoms with Crippen LogP contribution in [0.1, 0.15) is 33.6 Å². The predicted octanol–water partition coefficient (Wildman–Crippen LogP) is 1.25. The van der Waals surface area contributed by atoms with Crippen molar-refractivity contribution in [1.82, 2.24) is 4.31 Å². The van der Waals surface area contributed by atoms with Gasteiger partial charge in [-0.05, 0) is 25.2 Å². The topological polar surface area (TPSA) is 63.7 Å². The van der Waals surface area contributed by atoms with Gasteiger partial charge in [-0.25, -0.2) is 12.7 Å². The Bertz CT molecular complexity index is 414. The highest BCUT2D eigenvalue weighted by Crippen LogP contribution is 2.50. The zero-order valence-corrected chi connectivity index (χ0v) is 12.6. The Morgan fingerprint density at radius 2 is 1.89 bits per heavy atom. The lowest BCUT2D eigenvalue weighted by Crippen LogP contribution is -2.42. The molecule has 0 radical (unpaired) electrons. The molecule has 1 fully saturated rings. The molecule has 6 heteroatoms. The van der Waals surface area contributed by atoms with E-state index in [1.54, 1.807) is 14.0 Å². The second-order valence-corrected chi connectivity index (χ2v) is 7.62. The van der Waals surface area contributed by atoms with Crippen molar-refractivity contribution in [3.05, 3.63) is 0 Å². The Kier molecular flexibility index (Phi) is 4.43. The van der Waals surface area contributed by atoms with E-state index in [4.69, 9.17) is 0 Å². The van der Waals surface area contributed by atoms with E-state index in [0.717, 1.165) is 12.8 Å². The van der Waals surface area contributed by atoms with Crippen molar-refractivity contribution in [1.29, 1.82) is 0 Å². The van der Waals surface area contributed by atoms with E-state index in [2.05, 4.69) is 11.7 Å². The van der Waals surface area contributed by atoms with Crippen LogP contribution in [0.25, 0.3) is 0 Å². The minimum atomic E-state index is -3.42. The molecule has 1 aliphatic rings. The maximum absolute atomic E-state index is 12.2. The molecule has 0 amide bonds. The number of carbonyl (C=O) groups excluding carboxylic acids is 1. The standard InChI is InChI=1S/C12H23NO4S/c1-9(11(14)17-5)8-18(15,16)13(4)10(2)12(3)6-7-12/h9-10H,6-8H2,1-5H3/t9-,10+/m0/s1. The highest BCUT2D eigenvalue weighted by atomic mass is 32.2. The third-order valence-electron chi connectivity index (χ3n) is 4.10. The minimum absolute atomic E-state index is 0.0349. The molecule has 106 valence electrons. The van der Waals surface area contributed by atoms with Crippen molar-refractivity contribution in [2.75, 3.05) is 19.9 Å². The quantitative estimate of drug-likeness (QED) is 0.685. The molecule has 0 heterocycles. The summed E-state index contributed by atoms with van der Waals surface area (Å²) in [5, 5.41) is 0. The van der Waals surface area contributed by atoms with Gasteiger partial charge in [0.05, 0.1) is 18.8 Å². The number of nitrogens with zero attached hydrogens (tertiary/aromatic N) is 1. The van der Waals surface area contributed by atoms with E-state index in [1.807, 2.05) is 6.92 Å². The van der Waals surface area contributed by atoms with Crippen LogP contribution in [0, 0.1) is 11.3 Å². The van der Waals surface area contributed by atoms with E-state index in [0.29, 0.717) is 0 Å². The number of rotatable bonds is 6. The summed E-state index contributed by atoms with van der Waals surface area (Å²) in [5.74, 6) is -1.32. The Balaban J connectivity index is 2.71. The monoisotopic (exact) mass is 277 g/mol. The highest BCUT2D eigenvalue weighted by molar-refractivity contribution is 7.89. The average Bonchev–Trinajstić information content (AvgIpc) is 3.04. The van der Waals surface area contributed by atoms with Crippen LogP contribution in [0.2, 0.25) is 0 Å². The van der Waals surface area contributed by atoms with Crippen molar-refractivity contribution < 1.29 is 17.9 Å². The van der Waals surface area contributed by atoms with E-state index in [1.165, 1.54) is 11.4 Å². The van der Waals surface area contributed by atoms with Crippen LogP contribution in [0.15, 0.2) is 0 Å². The van der Waals surface area contributed by atoms with Crippen LogP contribution < -0.4 is 0 Å². The van der Waals surface area contributed by atoms with Crippen molar-refractivity contribution in [3.63, 3.8) is 0 Å². The number of esters is 1. The van der Waals surface area contributed by atoms with Crippen LogP contribution in [0.3, 0.4) is 0 Å². The van der Waals surface area contributed by atoms with Crippen molar-refractivity contribution in [2.24, 2.45) is 11.3 Å². The van der Waals surface area contributed by atoms with E-state index >= 15 is 0 Å². The fraction of sp³-hybridized carbons (Fsp3) is 0.917. The van der Waals surface area contributed by atoms with Gasteiger partial charge in [-0.3, -0.25) is 4.79 Å². The second kappa shape index (κ2) is 5.17. The van der Waals surface area contributed by atoms with Crippen LogP contribution in [0.5, 0.6) is 0 Å². The molecule has 0 N–H and O–H groups in total. The van der Waals surface area contributed by atoms with E-state index < -0.39 is 21.9 Å². The SMILES string of the molecule is COC(=O)[C@@H](C)CS(=O)(=O)N(C)[C@H](C)C1(C)CC1. The molecule has 0 aromatic rings. The van der Waals surface area contributed by atoms with Gasteiger partial charge in [0.1, 0.15) is 0 Å². The van der Waals surface area contributed by atoms with Crippen LogP contribution in [0.4, 0.5) is 0 Å². The lowest BCUT2D eigenvalue weighted by Gasteiger charge is -2.29. The summed E-state index contributed by atoms with van der Waals surface area (Å²) >= 11 is 0. The van der Waals surface area contributed by atoms with Crippen LogP contribution in [-0.2, 0) is 19.6 Å². The number of hydrogen-bond acceptors (Lipinski definition) is 4. The van der Waals surface area contributed by atoms with Crippen LogP contribution in [-0.4, -0.2) is 44.6 Å². The first-order valence-corrected chi connectivity index (χ1v) is 7.78. The molecule has 0 aliphatic heterocycles. The number of methoxy groups -OCH3 is 1. The Hall–Kier alpha value is -0.620. The molecular weight excluding hydrogens is 254 g/mol. The molecule has 0 spiro atoms. The van der Waals surface area contributed by atoms with E-state index in [9.17, 15) is 13.2 Å². The third kappa shape index (κ3) is 3.23. The number of carbonyl (C=O) groups is 1. The lowest BCUT2D eigenvalue weighted by molar-refractivity contribution is -0.144. The molecule has 0 aromatic heterocycles. The summed E-state index contributed by atoms with van der Waals surface area (Å²) in [4.78, 5) is 11.3. The largest absolute Gasteiger partial charge is 0.469 e. The van der Waals surface area contributed by atoms with Gasteiger partial charge in [-0.15, -0.1) is 0 Å². The zero-order chi connectivity index (χ0) is 14.1. The van der Waals surface area contributed by atoms with Gasteiger partial charge in [-0.1, -0.05) is 13.8 Å². The summed E-state index contributed by atoms with van der Waals surface area (Å²) < 4.78 is 30.3.